The van der Waals surface area contributed by atoms with Crippen molar-refractivity contribution in [2.45, 2.75) is 25.8 Å². The smallest absolute Gasteiger partial charge is 0.325 e. The molecule has 1 unspecified atom stereocenters. The van der Waals surface area contributed by atoms with Gasteiger partial charge in [-0.05, 0) is 37.5 Å². The van der Waals surface area contributed by atoms with E-state index >= 15 is 0 Å². The summed E-state index contributed by atoms with van der Waals surface area (Å²) >= 11 is 0. The number of rotatable bonds is 2. The van der Waals surface area contributed by atoms with Crippen LogP contribution in [0.2, 0.25) is 0 Å². The summed E-state index contributed by atoms with van der Waals surface area (Å²) in [6.45, 7) is 5.20. The lowest BCUT2D eigenvalue weighted by atomic mass is 10.0. The van der Waals surface area contributed by atoms with E-state index in [-0.39, 0.29) is 0 Å². The van der Waals surface area contributed by atoms with Gasteiger partial charge in [-0.15, -0.1) is 0 Å². The SMILES string of the molecule is Cc1cccc(N2CCC(N)(C(=O)O)C2)c1C. The van der Waals surface area contributed by atoms with Gasteiger partial charge in [0.1, 0.15) is 5.54 Å². The van der Waals surface area contributed by atoms with Crippen LogP contribution in [-0.4, -0.2) is 29.7 Å². The van der Waals surface area contributed by atoms with Gasteiger partial charge in [0.2, 0.25) is 0 Å². The van der Waals surface area contributed by atoms with Crippen molar-refractivity contribution >= 4 is 11.7 Å². The van der Waals surface area contributed by atoms with Crippen molar-refractivity contribution in [1.29, 1.82) is 0 Å². The molecule has 1 aliphatic rings. The minimum atomic E-state index is -1.10. The van der Waals surface area contributed by atoms with E-state index in [0.717, 1.165) is 5.69 Å². The van der Waals surface area contributed by atoms with Crippen LogP contribution in [0.15, 0.2) is 18.2 Å². The fourth-order valence-corrected chi connectivity index (χ4v) is 2.29. The van der Waals surface area contributed by atoms with E-state index < -0.39 is 11.5 Å². The fourth-order valence-electron chi connectivity index (χ4n) is 2.29. The quantitative estimate of drug-likeness (QED) is 0.809. The van der Waals surface area contributed by atoms with Crippen LogP contribution in [-0.2, 0) is 4.79 Å². The molecule has 0 amide bonds. The van der Waals surface area contributed by atoms with E-state index in [9.17, 15) is 4.79 Å². The molecule has 0 aromatic heterocycles. The summed E-state index contributed by atoms with van der Waals surface area (Å²) in [5, 5.41) is 9.11. The minimum Gasteiger partial charge on any atom is -0.480 e. The van der Waals surface area contributed by atoms with E-state index in [1.807, 2.05) is 12.1 Å². The van der Waals surface area contributed by atoms with Crippen LogP contribution in [0.4, 0.5) is 5.69 Å². The monoisotopic (exact) mass is 234 g/mol. The Balaban J connectivity index is 2.27. The van der Waals surface area contributed by atoms with Crippen molar-refractivity contribution in [3.05, 3.63) is 29.3 Å². The first-order valence-electron chi connectivity index (χ1n) is 5.77. The van der Waals surface area contributed by atoms with Gasteiger partial charge in [0, 0.05) is 18.8 Å². The highest BCUT2D eigenvalue weighted by Gasteiger charge is 2.41. The summed E-state index contributed by atoms with van der Waals surface area (Å²) in [7, 11) is 0. The molecular formula is C13H18N2O2. The van der Waals surface area contributed by atoms with Gasteiger partial charge in [0.15, 0.2) is 0 Å². The Morgan fingerprint density at radius 2 is 2.18 bits per heavy atom. The second-order valence-electron chi connectivity index (χ2n) is 4.85. The van der Waals surface area contributed by atoms with Crippen LogP contribution in [0.3, 0.4) is 0 Å². The van der Waals surface area contributed by atoms with E-state index in [4.69, 9.17) is 10.8 Å². The zero-order chi connectivity index (χ0) is 12.6. The molecule has 0 radical (unpaired) electrons. The number of aliphatic carboxylic acids is 1. The Kier molecular flexibility index (Phi) is 2.83. The van der Waals surface area contributed by atoms with Crippen molar-refractivity contribution in [3.8, 4) is 0 Å². The fraction of sp³-hybridized carbons (Fsp3) is 0.462. The predicted octanol–water partition coefficient (Wildman–Crippen LogP) is 1.30. The molecule has 1 heterocycles. The normalized spacial score (nSPS) is 24.1. The molecule has 1 saturated heterocycles. The number of hydrogen-bond donors (Lipinski definition) is 2. The van der Waals surface area contributed by atoms with Crippen LogP contribution < -0.4 is 10.6 Å². The van der Waals surface area contributed by atoms with Gasteiger partial charge in [-0.2, -0.15) is 0 Å². The molecule has 0 spiro atoms. The van der Waals surface area contributed by atoms with Crippen molar-refractivity contribution in [2.75, 3.05) is 18.0 Å². The number of anilines is 1. The Hall–Kier alpha value is -1.55. The maximum atomic E-state index is 11.1. The summed E-state index contributed by atoms with van der Waals surface area (Å²) in [6.07, 6.45) is 0.496. The molecule has 1 fully saturated rings. The van der Waals surface area contributed by atoms with Gasteiger partial charge < -0.3 is 15.7 Å². The third-order valence-corrected chi connectivity index (χ3v) is 3.64. The van der Waals surface area contributed by atoms with Gasteiger partial charge in [-0.3, -0.25) is 4.79 Å². The number of carbonyl (C=O) groups is 1. The summed E-state index contributed by atoms with van der Waals surface area (Å²) in [5.41, 5.74) is 8.28. The zero-order valence-electron chi connectivity index (χ0n) is 10.2. The first-order valence-corrected chi connectivity index (χ1v) is 5.77. The van der Waals surface area contributed by atoms with E-state index in [0.29, 0.717) is 19.5 Å². The highest BCUT2D eigenvalue weighted by molar-refractivity contribution is 5.81. The zero-order valence-corrected chi connectivity index (χ0v) is 10.2. The molecule has 92 valence electrons. The molecule has 4 nitrogen and oxygen atoms in total. The molecule has 0 bridgehead atoms. The Morgan fingerprint density at radius 3 is 2.76 bits per heavy atom. The van der Waals surface area contributed by atoms with Crippen LogP contribution in [0.1, 0.15) is 17.5 Å². The summed E-state index contributed by atoms with van der Waals surface area (Å²) in [5.74, 6) is -0.912. The van der Waals surface area contributed by atoms with Gasteiger partial charge in [-0.25, -0.2) is 0 Å². The van der Waals surface area contributed by atoms with Crippen molar-refractivity contribution in [1.82, 2.24) is 0 Å². The molecule has 0 aliphatic carbocycles. The largest absolute Gasteiger partial charge is 0.480 e. The number of benzene rings is 1. The maximum Gasteiger partial charge on any atom is 0.325 e. The van der Waals surface area contributed by atoms with Crippen LogP contribution >= 0.6 is 0 Å². The van der Waals surface area contributed by atoms with Crippen molar-refractivity contribution in [2.24, 2.45) is 5.73 Å². The third-order valence-electron chi connectivity index (χ3n) is 3.64. The lowest BCUT2D eigenvalue weighted by molar-refractivity contribution is -0.142. The number of carboxylic acids is 1. The molecule has 1 aromatic carbocycles. The van der Waals surface area contributed by atoms with Crippen LogP contribution in [0.25, 0.3) is 0 Å². The van der Waals surface area contributed by atoms with Crippen molar-refractivity contribution < 1.29 is 9.90 Å². The number of aryl methyl sites for hydroxylation is 1. The Morgan fingerprint density at radius 1 is 1.47 bits per heavy atom. The molecule has 1 aliphatic heterocycles. The topological polar surface area (TPSA) is 66.6 Å². The second-order valence-corrected chi connectivity index (χ2v) is 4.85. The highest BCUT2D eigenvalue weighted by Crippen LogP contribution is 2.29. The number of hydrogen-bond acceptors (Lipinski definition) is 3. The number of carboxylic acid groups (broad SMARTS) is 1. The summed E-state index contributed by atoms with van der Waals surface area (Å²) in [6, 6.07) is 6.08. The van der Waals surface area contributed by atoms with Gasteiger partial charge in [0.25, 0.3) is 0 Å². The Labute approximate surface area is 101 Å². The minimum absolute atomic E-state index is 0.382. The molecule has 1 aromatic rings. The number of nitrogens with zero attached hydrogens (tertiary/aromatic N) is 1. The maximum absolute atomic E-state index is 11.1. The second kappa shape index (κ2) is 4.04. The van der Waals surface area contributed by atoms with Gasteiger partial charge in [0.05, 0.1) is 0 Å². The summed E-state index contributed by atoms with van der Waals surface area (Å²) < 4.78 is 0. The van der Waals surface area contributed by atoms with E-state index in [1.54, 1.807) is 0 Å². The molecule has 4 heteroatoms. The van der Waals surface area contributed by atoms with Crippen molar-refractivity contribution in [3.63, 3.8) is 0 Å². The third kappa shape index (κ3) is 2.00. The molecule has 0 saturated carbocycles. The first-order chi connectivity index (χ1) is 7.94. The lowest BCUT2D eigenvalue weighted by Crippen LogP contribution is -2.50. The highest BCUT2D eigenvalue weighted by atomic mass is 16.4. The van der Waals surface area contributed by atoms with Crippen LogP contribution in [0.5, 0.6) is 0 Å². The molecule has 3 N–H and O–H groups in total. The van der Waals surface area contributed by atoms with Gasteiger partial charge >= 0.3 is 5.97 Å². The molecule has 17 heavy (non-hydrogen) atoms. The van der Waals surface area contributed by atoms with E-state index in [2.05, 4.69) is 24.8 Å². The molecule has 2 rings (SSSR count). The Bertz CT molecular complexity index is 459. The van der Waals surface area contributed by atoms with E-state index in [1.165, 1.54) is 11.1 Å². The average molecular weight is 234 g/mol. The molecular weight excluding hydrogens is 216 g/mol. The molecule has 1 atom stereocenters. The predicted molar refractivity (Wildman–Crippen MR) is 67.3 cm³/mol. The first kappa shape index (κ1) is 11.9. The average Bonchev–Trinajstić information content (AvgIpc) is 2.66. The standard InChI is InChI=1S/C13H18N2O2/c1-9-4-3-5-11(10(9)2)15-7-6-13(14,8-15)12(16)17/h3-5H,6-8,14H2,1-2H3,(H,16,17). The van der Waals surface area contributed by atoms with Gasteiger partial charge in [-0.1, -0.05) is 12.1 Å². The number of nitrogens with two attached hydrogens (primary N) is 1. The van der Waals surface area contributed by atoms with Crippen LogP contribution in [0, 0.1) is 13.8 Å². The lowest BCUT2D eigenvalue weighted by Gasteiger charge is -2.24. The summed E-state index contributed by atoms with van der Waals surface area (Å²) in [4.78, 5) is 13.2.